The van der Waals surface area contributed by atoms with Gasteiger partial charge in [0.15, 0.2) is 0 Å². The molecule has 8 nitrogen and oxygen atoms in total. The Bertz CT molecular complexity index is 595. The first-order chi connectivity index (χ1) is 9.91. The van der Waals surface area contributed by atoms with Crippen molar-refractivity contribution in [3.8, 4) is 0 Å². The first-order valence-electron chi connectivity index (χ1n) is 6.26. The number of ether oxygens (including phenoxy) is 2. The number of pyridine rings is 1. The molecule has 1 aromatic rings. The lowest BCUT2D eigenvalue weighted by molar-refractivity contribution is -0.0909. The normalized spacial score (nSPS) is 19.6. The summed E-state index contributed by atoms with van der Waals surface area (Å²) in [4.78, 5) is 14.3. The Kier molecular flexibility index (Phi) is 4.88. The lowest BCUT2D eigenvalue weighted by Crippen LogP contribution is -2.40. The topological polar surface area (TPSA) is 106 Å². The number of likely N-dealkylation sites (N-methyl/N-ethyl adjacent to an activating group) is 1. The van der Waals surface area contributed by atoms with Crippen molar-refractivity contribution in [3.05, 3.63) is 24.0 Å². The maximum absolute atomic E-state index is 12.3. The molecule has 116 valence electrons. The highest BCUT2D eigenvalue weighted by Gasteiger charge is 2.26. The predicted molar refractivity (Wildman–Crippen MR) is 71.6 cm³/mol. The van der Waals surface area contributed by atoms with E-state index in [0.29, 0.717) is 19.8 Å². The number of aromatic carboxylic acids is 1. The van der Waals surface area contributed by atoms with Crippen LogP contribution in [0.3, 0.4) is 0 Å². The van der Waals surface area contributed by atoms with E-state index in [1.807, 2.05) is 0 Å². The maximum Gasteiger partial charge on any atom is 0.354 e. The molecule has 1 N–H and O–H groups in total. The molecule has 1 unspecified atom stereocenters. The van der Waals surface area contributed by atoms with Gasteiger partial charge in [0.05, 0.1) is 25.9 Å². The molecule has 1 aliphatic heterocycles. The number of aromatic nitrogens is 1. The fourth-order valence-corrected chi connectivity index (χ4v) is 3.01. The quantitative estimate of drug-likeness (QED) is 0.803. The number of carboxylic acids is 1. The molecular weight excluding hydrogens is 300 g/mol. The summed E-state index contributed by atoms with van der Waals surface area (Å²) in [5.74, 6) is -1.21. The highest BCUT2D eigenvalue weighted by atomic mass is 32.2. The summed E-state index contributed by atoms with van der Waals surface area (Å²) in [7, 11) is -2.31. The van der Waals surface area contributed by atoms with Crippen LogP contribution in [-0.2, 0) is 19.5 Å². The molecular formula is C12H16N2O6S. The molecule has 0 aliphatic carbocycles. The van der Waals surface area contributed by atoms with Gasteiger partial charge in [-0.15, -0.1) is 0 Å². The van der Waals surface area contributed by atoms with E-state index in [1.54, 1.807) is 0 Å². The minimum atomic E-state index is -3.74. The van der Waals surface area contributed by atoms with Crippen molar-refractivity contribution in [2.75, 3.05) is 33.4 Å². The molecule has 2 heterocycles. The van der Waals surface area contributed by atoms with Gasteiger partial charge < -0.3 is 14.6 Å². The number of nitrogens with zero attached hydrogens (tertiary/aromatic N) is 2. The molecule has 1 aliphatic rings. The van der Waals surface area contributed by atoms with Crippen LogP contribution in [0.5, 0.6) is 0 Å². The van der Waals surface area contributed by atoms with Gasteiger partial charge >= 0.3 is 5.97 Å². The van der Waals surface area contributed by atoms with Crippen molar-refractivity contribution in [2.45, 2.75) is 11.0 Å². The summed E-state index contributed by atoms with van der Waals surface area (Å²) in [6.45, 7) is 1.44. The van der Waals surface area contributed by atoms with Gasteiger partial charge in [-0.1, -0.05) is 0 Å². The second-order valence-corrected chi connectivity index (χ2v) is 6.58. The van der Waals surface area contributed by atoms with Crippen LogP contribution in [0.2, 0.25) is 0 Å². The SMILES string of the molecule is CN(CC1COCCO1)S(=O)(=O)c1ccc(C(=O)O)nc1. The van der Waals surface area contributed by atoms with Gasteiger partial charge in [0.1, 0.15) is 10.6 Å². The highest BCUT2D eigenvalue weighted by Crippen LogP contribution is 2.15. The number of sulfonamides is 1. The van der Waals surface area contributed by atoms with Crippen molar-refractivity contribution in [1.82, 2.24) is 9.29 Å². The standard InChI is InChI=1S/C12H16N2O6S/c1-14(7-9-8-19-4-5-20-9)21(17,18)10-2-3-11(12(15)16)13-6-10/h2-3,6,9H,4-5,7-8H2,1H3,(H,15,16). The zero-order valence-electron chi connectivity index (χ0n) is 11.4. The summed E-state index contributed by atoms with van der Waals surface area (Å²) in [6, 6.07) is 2.38. The zero-order valence-corrected chi connectivity index (χ0v) is 12.2. The minimum Gasteiger partial charge on any atom is -0.477 e. The van der Waals surface area contributed by atoms with Crippen LogP contribution in [0.1, 0.15) is 10.5 Å². The summed E-state index contributed by atoms with van der Waals surface area (Å²) in [6.07, 6.45) is 0.720. The van der Waals surface area contributed by atoms with Crippen molar-refractivity contribution in [2.24, 2.45) is 0 Å². The van der Waals surface area contributed by atoms with Crippen LogP contribution in [0, 0.1) is 0 Å². The van der Waals surface area contributed by atoms with Gasteiger partial charge in [0.2, 0.25) is 10.0 Å². The lowest BCUT2D eigenvalue weighted by Gasteiger charge is -2.27. The van der Waals surface area contributed by atoms with Gasteiger partial charge in [0.25, 0.3) is 0 Å². The lowest BCUT2D eigenvalue weighted by atomic mass is 10.3. The second-order valence-electron chi connectivity index (χ2n) is 4.54. The molecule has 0 radical (unpaired) electrons. The Hall–Kier alpha value is -1.55. The number of carboxylic acid groups (broad SMARTS) is 1. The fraction of sp³-hybridized carbons (Fsp3) is 0.500. The Morgan fingerprint density at radius 2 is 2.24 bits per heavy atom. The van der Waals surface area contributed by atoms with Gasteiger partial charge in [-0.25, -0.2) is 18.2 Å². The van der Waals surface area contributed by atoms with Crippen molar-refractivity contribution in [3.63, 3.8) is 0 Å². The molecule has 1 fully saturated rings. The number of hydrogen-bond acceptors (Lipinski definition) is 6. The van der Waals surface area contributed by atoms with E-state index in [-0.39, 0.29) is 23.2 Å². The van der Waals surface area contributed by atoms with E-state index in [1.165, 1.54) is 13.1 Å². The molecule has 9 heteroatoms. The summed E-state index contributed by atoms with van der Waals surface area (Å²) < 4.78 is 36.4. The smallest absolute Gasteiger partial charge is 0.354 e. The Morgan fingerprint density at radius 1 is 1.48 bits per heavy atom. The molecule has 0 spiro atoms. The Morgan fingerprint density at radius 3 is 2.76 bits per heavy atom. The Balaban J connectivity index is 2.10. The van der Waals surface area contributed by atoms with Crippen LogP contribution in [0.4, 0.5) is 0 Å². The van der Waals surface area contributed by atoms with Crippen LogP contribution in [0.25, 0.3) is 0 Å². The molecule has 2 rings (SSSR count). The molecule has 1 atom stereocenters. The third-order valence-corrected chi connectivity index (χ3v) is 4.82. The van der Waals surface area contributed by atoms with Gasteiger partial charge in [0, 0.05) is 19.8 Å². The summed E-state index contributed by atoms with van der Waals surface area (Å²) >= 11 is 0. The van der Waals surface area contributed by atoms with Gasteiger partial charge in [-0.05, 0) is 12.1 Å². The van der Waals surface area contributed by atoms with E-state index in [9.17, 15) is 13.2 Å². The van der Waals surface area contributed by atoms with Crippen LogP contribution in [0.15, 0.2) is 23.2 Å². The monoisotopic (exact) mass is 316 g/mol. The number of carbonyl (C=O) groups is 1. The zero-order chi connectivity index (χ0) is 15.5. The average molecular weight is 316 g/mol. The van der Waals surface area contributed by atoms with E-state index in [0.717, 1.165) is 16.6 Å². The largest absolute Gasteiger partial charge is 0.477 e. The molecule has 0 aromatic carbocycles. The first-order valence-corrected chi connectivity index (χ1v) is 7.70. The van der Waals surface area contributed by atoms with Crippen LogP contribution < -0.4 is 0 Å². The Labute approximate surface area is 122 Å². The molecule has 21 heavy (non-hydrogen) atoms. The third-order valence-electron chi connectivity index (χ3n) is 3.01. The molecule has 0 amide bonds. The average Bonchev–Trinajstić information content (AvgIpc) is 2.48. The van der Waals surface area contributed by atoms with Crippen molar-refractivity contribution < 1.29 is 27.8 Å². The van der Waals surface area contributed by atoms with Gasteiger partial charge in [-0.3, -0.25) is 0 Å². The highest BCUT2D eigenvalue weighted by molar-refractivity contribution is 7.89. The second kappa shape index (κ2) is 6.48. The molecule has 0 bridgehead atoms. The first kappa shape index (κ1) is 15.8. The number of rotatable bonds is 5. The summed E-state index contributed by atoms with van der Waals surface area (Å²) in [5.41, 5.74) is -0.208. The van der Waals surface area contributed by atoms with E-state index in [4.69, 9.17) is 14.6 Å². The van der Waals surface area contributed by atoms with Crippen molar-refractivity contribution >= 4 is 16.0 Å². The molecule has 1 saturated heterocycles. The maximum atomic E-state index is 12.3. The van der Waals surface area contributed by atoms with E-state index < -0.39 is 16.0 Å². The van der Waals surface area contributed by atoms with Crippen molar-refractivity contribution in [1.29, 1.82) is 0 Å². The molecule has 1 aromatic heterocycles. The third kappa shape index (κ3) is 3.76. The minimum absolute atomic E-state index is 0.0632. The fourth-order valence-electron chi connectivity index (χ4n) is 1.87. The number of hydrogen-bond donors (Lipinski definition) is 1. The summed E-state index contributed by atoms with van der Waals surface area (Å²) in [5, 5.41) is 8.75. The van der Waals surface area contributed by atoms with E-state index in [2.05, 4.69) is 4.98 Å². The van der Waals surface area contributed by atoms with Crippen LogP contribution >= 0.6 is 0 Å². The molecule has 0 saturated carbocycles. The van der Waals surface area contributed by atoms with E-state index >= 15 is 0 Å². The predicted octanol–water partition coefficient (Wildman–Crippen LogP) is -0.184. The van der Waals surface area contributed by atoms with Crippen LogP contribution in [-0.4, -0.2) is 68.3 Å². The van der Waals surface area contributed by atoms with Gasteiger partial charge in [-0.2, -0.15) is 4.31 Å².